The Hall–Kier alpha value is -0.970. The molecule has 4 heterocycles. The van der Waals surface area contributed by atoms with Crippen molar-refractivity contribution in [1.29, 1.82) is 0 Å². The highest BCUT2D eigenvalue weighted by Gasteiger charge is 2.36. The van der Waals surface area contributed by atoms with Crippen molar-refractivity contribution >= 4 is 0 Å². The average Bonchev–Trinajstić information content (AvgIpc) is 2.42. The van der Waals surface area contributed by atoms with Crippen molar-refractivity contribution in [1.82, 2.24) is 20.1 Å². The van der Waals surface area contributed by atoms with E-state index in [0.29, 0.717) is 12.1 Å². The third-order valence-electron chi connectivity index (χ3n) is 4.06. The van der Waals surface area contributed by atoms with Crippen molar-refractivity contribution in [3.63, 3.8) is 0 Å². The Labute approximate surface area is 103 Å². The minimum Gasteiger partial charge on any atom is -0.312 e. The molecule has 2 bridgehead atoms. The maximum Gasteiger partial charge on any atom is 0.0503 e. The van der Waals surface area contributed by atoms with Gasteiger partial charge < -0.3 is 5.32 Å². The van der Waals surface area contributed by atoms with E-state index in [0.717, 1.165) is 0 Å². The van der Waals surface area contributed by atoms with Crippen molar-refractivity contribution in [2.45, 2.75) is 12.1 Å². The lowest BCUT2D eigenvalue weighted by Gasteiger charge is -2.50. The summed E-state index contributed by atoms with van der Waals surface area (Å²) in [5.74, 6) is 0. The van der Waals surface area contributed by atoms with E-state index in [2.05, 4.69) is 33.2 Å². The second-order valence-corrected chi connectivity index (χ2v) is 4.96. The summed E-state index contributed by atoms with van der Waals surface area (Å²) in [6.07, 6.45) is 3.83. The number of aromatic nitrogens is 1. The normalized spacial score (nSPS) is 33.6. The van der Waals surface area contributed by atoms with Gasteiger partial charge in [0.1, 0.15) is 0 Å². The zero-order valence-corrected chi connectivity index (χ0v) is 10.3. The summed E-state index contributed by atoms with van der Waals surface area (Å²) in [4.78, 5) is 9.43. The van der Waals surface area contributed by atoms with E-state index in [4.69, 9.17) is 0 Å². The van der Waals surface area contributed by atoms with Crippen LogP contribution in [0, 0.1) is 0 Å². The fraction of sp³-hybridized carbons (Fsp3) is 0.615. The fourth-order valence-corrected chi connectivity index (χ4v) is 3.11. The van der Waals surface area contributed by atoms with E-state index in [1.54, 1.807) is 0 Å². The summed E-state index contributed by atoms with van der Waals surface area (Å²) in [7, 11) is 2.05. The molecule has 0 radical (unpaired) electrons. The Balaban J connectivity index is 1.82. The van der Waals surface area contributed by atoms with Gasteiger partial charge in [0.15, 0.2) is 0 Å². The average molecular weight is 232 g/mol. The Kier molecular flexibility index (Phi) is 3.09. The molecule has 2 unspecified atom stereocenters. The quantitative estimate of drug-likeness (QED) is 0.814. The Morgan fingerprint density at radius 2 is 2.18 bits per heavy atom. The number of pyridine rings is 1. The van der Waals surface area contributed by atoms with E-state index in [1.807, 2.05) is 18.5 Å². The molecular weight excluding hydrogens is 212 g/mol. The number of fused-ring (bicyclic) bond motifs is 3. The molecule has 4 heteroatoms. The molecule has 1 N–H and O–H groups in total. The first-order valence-electron chi connectivity index (χ1n) is 6.42. The van der Waals surface area contributed by atoms with Gasteiger partial charge in [0.2, 0.25) is 0 Å². The standard InChI is InChI=1S/C13H20N4/c1-14-13(11-3-2-4-15-9-11)12-10-16-5-7-17(12)8-6-16/h2-4,9,12-14H,5-8,10H2,1H3. The molecule has 2 atom stereocenters. The van der Waals surface area contributed by atoms with Crippen LogP contribution in [0.3, 0.4) is 0 Å². The van der Waals surface area contributed by atoms with Gasteiger partial charge in [-0.15, -0.1) is 0 Å². The van der Waals surface area contributed by atoms with Crippen LogP contribution in [0.5, 0.6) is 0 Å². The first-order chi connectivity index (χ1) is 8.38. The summed E-state index contributed by atoms with van der Waals surface area (Å²) in [6, 6.07) is 5.18. The Morgan fingerprint density at radius 3 is 2.71 bits per heavy atom. The summed E-state index contributed by atoms with van der Waals surface area (Å²) >= 11 is 0. The Morgan fingerprint density at radius 1 is 1.35 bits per heavy atom. The molecule has 4 rings (SSSR count). The van der Waals surface area contributed by atoms with Gasteiger partial charge in [0, 0.05) is 51.2 Å². The van der Waals surface area contributed by atoms with Gasteiger partial charge >= 0.3 is 0 Å². The zero-order valence-electron chi connectivity index (χ0n) is 10.3. The third kappa shape index (κ3) is 2.08. The number of rotatable bonds is 3. The van der Waals surface area contributed by atoms with Crippen molar-refractivity contribution in [2.24, 2.45) is 0 Å². The van der Waals surface area contributed by atoms with Crippen LogP contribution >= 0.6 is 0 Å². The van der Waals surface area contributed by atoms with Crippen LogP contribution in [-0.4, -0.2) is 60.6 Å². The predicted molar refractivity (Wildman–Crippen MR) is 67.8 cm³/mol. The summed E-state index contributed by atoms with van der Waals surface area (Å²) in [5, 5.41) is 3.46. The topological polar surface area (TPSA) is 31.4 Å². The van der Waals surface area contributed by atoms with Crippen LogP contribution in [0.2, 0.25) is 0 Å². The molecule has 4 nitrogen and oxygen atoms in total. The second-order valence-electron chi connectivity index (χ2n) is 4.96. The first-order valence-corrected chi connectivity index (χ1v) is 6.42. The minimum atomic E-state index is 0.395. The molecule has 3 aliphatic rings. The highest BCUT2D eigenvalue weighted by atomic mass is 15.4. The molecule has 0 spiro atoms. The van der Waals surface area contributed by atoms with E-state index in [9.17, 15) is 0 Å². The van der Waals surface area contributed by atoms with Crippen molar-refractivity contribution in [3.05, 3.63) is 30.1 Å². The minimum absolute atomic E-state index is 0.395. The van der Waals surface area contributed by atoms with Gasteiger partial charge in [-0.3, -0.25) is 14.8 Å². The molecule has 0 amide bonds. The van der Waals surface area contributed by atoms with Crippen molar-refractivity contribution < 1.29 is 0 Å². The molecule has 1 aromatic heterocycles. The molecule has 1 aromatic rings. The number of hydrogen-bond donors (Lipinski definition) is 1. The van der Waals surface area contributed by atoms with Crippen LogP contribution < -0.4 is 5.32 Å². The smallest absolute Gasteiger partial charge is 0.0503 e. The monoisotopic (exact) mass is 232 g/mol. The van der Waals surface area contributed by atoms with E-state index in [-0.39, 0.29) is 0 Å². The van der Waals surface area contributed by atoms with Crippen LogP contribution in [0.15, 0.2) is 24.5 Å². The van der Waals surface area contributed by atoms with Crippen LogP contribution in [0.4, 0.5) is 0 Å². The van der Waals surface area contributed by atoms with E-state index < -0.39 is 0 Å². The van der Waals surface area contributed by atoms with Crippen molar-refractivity contribution in [2.75, 3.05) is 39.8 Å². The van der Waals surface area contributed by atoms with Gasteiger partial charge in [-0.1, -0.05) is 6.07 Å². The third-order valence-corrected chi connectivity index (χ3v) is 4.06. The van der Waals surface area contributed by atoms with Crippen LogP contribution in [0.1, 0.15) is 11.6 Å². The van der Waals surface area contributed by atoms with Gasteiger partial charge in [0.05, 0.1) is 6.04 Å². The van der Waals surface area contributed by atoms with Gasteiger partial charge in [-0.05, 0) is 18.7 Å². The summed E-state index contributed by atoms with van der Waals surface area (Å²) in [6.45, 7) is 6.08. The van der Waals surface area contributed by atoms with Crippen molar-refractivity contribution in [3.8, 4) is 0 Å². The van der Waals surface area contributed by atoms with E-state index >= 15 is 0 Å². The first kappa shape index (κ1) is 11.1. The molecule has 0 aromatic carbocycles. The maximum atomic E-state index is 4.24. The molecule has 92 valence electrons. The summed E-state index contributed by atoms with van der Waals surface area (Å²) < 4.78 is 0. The lowest BCUT2D eigenvalue weighted by Crippen LogP contribution is -2.63. The molecule has 3 fully saturated rings. The van der Waals surface area contributed by atoms with Crippen LogP contribution in [-0.2, 0) is 0 Å². The SMILES string of the molecule is CNC(c1cccnc1)C1CN2CCN1CC2. The molecule has 0 aliphatic carbocycles. The van der Waals surface area contributed by atoms with Gasteiger partial charge in [-0.25, -0.2) is 0 Å². The number of piperazine rings is 3. The molecule has 0 saturated carbocycles. The highest BCUT2D eigenvalue weighted by molar-refractivity contribution is 5.17. The largest absolute Gasteiger partial charge is 0.312 e. The molecule has 3 aliphatic heterocycles. The maximum absolute atomic E-state index is 4.24. The van der Waals surface area contributed by atoms with E-state index in [1.165, 1.54) is 38.3 Å². The Bertz CT molecular complexity index is 359. The summed E-state index contributed by atoms with van der Waals surface area (Å²) in [5.41, 5.74) is 1.30. The zero-order chi connectivity index (χ0) is 11.7. The fourth-order valence-electron chi connectivity index (χ4n) is 3.11. The lowest BCUT2D eigenvalue weighted by atomic mass is 9.95. The molecule has 3 saturated heterocycles. The number of nitrogens with zero attached hydrogens (tertiary/aromatic N) is 3. The molecular formula is C13H20N4. The van der Waals surface area contributed by atoms with Gasteiger partial charge in [0.25, 0.3) is 0 Å². The predicted octanol–water partition coefficient (Wildman–Crippen LogP) is 0.342. The second kappa shape index (κ2) is 4.72. The number of likely N-dealkylation sites (N-methyl/N-ethyl adjacent to an activating group) is 1. The lowest BCUT2D eigenvalue weighted by molar-refractivity contribution is -0.00259. The van der Waals surface area contributed by atoms with Crippen LogP contribution in [0.25, 0.3) is 0 Å². The number of hydrogen-bond acceptors (Lipinski definition) is 4. The van der Waals surface area contributed by atoms with Gasteiger partial charge in [-0.2, -0.15) is 0 Å². The molecule has 17 heavy (non-hydrogen) atoms. The number of nitrogens with one attached hydrogen (secondary N) is 1. The highest BCUT2D eigenvalue weighted by Crippen LogP contribution is 2.26.